The van der Waals surface area contributed by atoms with Crippen LogP contribution in [0.2, 0.25) is 0 Å². The van der Waals surface area contributed by atoms with Crippen molar-refractivity contribution in [2.75, 3.05) is 25.1 Å². The summed E-state index contributed by atoms with van der Waals surface area (Å²) in [5, 5.41) is 6.45. The van der Waals surface area contributed by atoms with Gasteiger partial charge in [0.05, 0.1) is 12.6 Å². The summed E-state index contributed by atoms with van der Waals surface area (Å²) in [6, 6.07) is 6.08. The summed E-state index contributed by atoms with van der Waals surface area (Å²) in [6.45, 7) is 2.45. The van der Waals surface area contributed by atoms with E-state index < -0.39 is 0 Å². The van der Waals surface area contributed by atoms with Gasteiger partial charge >= 0.3 is 0 Å². The van der Waals surface area contributed by atoms with E-state index in [4.69, 9.17) is 4.74 Å². The Balaban J connectivity index is 0.00000147. The molecule has 0 aliphatic carbocycles. The van der Waals surface area contributed by atoms with Gasteiger partial charge in [-0.15, -0.1) is 12.4 Å². The predicted octanol–water partition coefficient (Wildman–Crippen LogP) is 2.38. The average molecular weight is 297 g/mol. The Labute approximate surface area is 125 Å². The SMILES string of the molecule is Cl.O=C(NC1CCCOC1)c1cccc2c1CCCN2. The van der Waals surface area contributed by atoms with Gasteiger partial charge < -0.3 is 15.4 Å². The van der Waals surface area contributed by atoms with Crippen LogP contribution in [0.5, 0.6) is 0 Å². The number of hydrogen-bond acceptors (Lipinski definition) is 3. The number of rotatable bonds is 2. The molecule has 4 nitrogen and oxygen atoms in total. The lowest BCUT2D eigenvalue weighted by molar-refractivity contribution is 0.0623. The van der Waals surface area contributed by atoms with Crippen molar-refractivity contribution < 1.29 is 9.53 Å². The zero-order chi connectivity index (χ0) is 13.1. The molecule has 2 N–H and O–H groups in total. The van der Waals surface area contributed by atoms with E-state index in [1.165, 1.54) is 0 Å². The lowest BCUT2D eigenvalue weighted by Crippen LogP contribution is -2.41. The maximum absolute atomic E-state index is 12.4. The zero-order valence-corrected chi connectivity index (χ0v) is 12.3. The molecule has 1 atom stereocenters. The van der Waals surface area contributed by atoms with Crippen LogP contribution in [-0.4, -0.2) is 31.7 Å². The fourth-order valence-electron chi connectivity index (χ4n) is 2.84. The maximum atomic E-state index is 12.4. The maximum Gasteiger partial charge on any atom is 0.251 e. The summed E-state index contributed by atoms with van der Waals surface area (Å²) < 4.78 is 5.40. The summed E-state index contributed by atoms with van der Waals surface area (Å²) in [5.74, 6) is 0.0380. The smallest absolute Gasteiger partial charge is 0.251 e. The molecule has 2 heterocycles. The van der Waals surface area contributed by atoms with E-state index in [2.05, 4.69) is 16.7 Å². The van der Waals surface area contributed by atoms with Gasteiger partial charge in [0.1, 0.15) is 0 Å². The van der Waals surface area contributed by atoms with Crippen LogP contribution in [0.3, 0.4) is 0 Å². The highest BCUT2D eigenvalue weighted by atomic mass is 35.5. The van der Waals surface area contributed by atoms with Crippen LogP contribution in [0.1, 0.15) is 35.2 Å². The molecular weight excluding hydrogens is 276 g/mol. The highest BCUT2D eigenvalue weighted by molar-refractivity contribution is 5.97. The standard InChI is InChI=1S/C15H20N2O2.ClH/c18-15(17-11-4-3-9-19-10-11)13-5-1-7-14-12(13)6-2-8-16-14;/h1,5,7,11,16H,2-4,6,8-10H2,(H,17,18);1H. The third kappa shape index (κ3) is 3.25. The average Bonchev–Trinajstić information content (AvgIpc) is 2.47. The van der Waals surface area contributed by atoms with Gasteiger partial charge in [-0.05, 0) is 43.4 Å². The summed E-state index contributed by atoms with van der Waals surface area (Å²) >= 11 is 0. The number of carbonyl (C=O) groups excluding carboxylic acids is 1. The third-order valence-corrected chi connectivity index (χ3v) is 3.84. The fourth-order valence-corrected chi connectivity index (χ4v) is 2.84. The first-order chi connectivity index (χ1) is 9.34. The van der Waals surface area contributed by atoms with Gasteiger partial charge in [0, 0.05) is 24.4 Å². The highest BCUT2D eigenvalue weighted by Crippen LogP contribution is 2.25. The number of amides is 1. The molecule has 1 saturated heterocycles. The number of nitrogens with one attached hydrogen (secondary N) is 2. The van der Waals surface area contributed by atoms with E-state index in [0.29, 0.717) is 6.61 Å². The van der Waals surface area contributed by atoms with Gasteiger partial charge in [0.15, 0.2) is 0 Å². The first kappa shape index (κ1) is 15.1. The first-order valence-electron chi connectivity index (χ1n) is 7.09. The van der Waals surface area contributed by atoms with Crippen molar-refractivity contribution in [3.63, 3.8) is 0 Å². The number of ether oxygens (including phenoxy) is 1. The molecule has 1 aromatic carbocycles. The Morgan fingerprint density at radius 2 is 2.25 bits per heavy atom. The minimum Gasteiger partial charge on any atom is -0.385 e. The molecule has 2 aliphatic rings. The second-order valence-corrected chi connectivity index (χ2v) is 5.25. The van der Waals surface area contributed by atoms with Crippen LogP contribution in [0, 0.1) is 0 Å². The van der Waals surface area contributed by atoms with Gasteiger partial charge in [-0.25, -0.2) is 0 Å². The van der Waals surface area contributed by atoms with E-state index in [-0.39, 0.29) is 24.4 Å². The van der Waals surface area contributed by atoms with Crippen molar-refractivity contribution in [3.8, 4) is 0 Å². The predicted molar refractivity (Wildman–Crippen MR) is 81.8 cm³/mol. The van der Waals surface area contributed by atoms with Crippen LogP contribution in [0.4, 0.5) is 5.69 Å². The molecule has 0 spiro atoms. The van der Waals surface area contributed by atoms with E-state index in [9.17, 15) is 4.79 Å². The van der Waals surface area contributed by atoms with E-state index in [1.54, 1.807) is 0 Å². The molecule has 110 valence electrons. The molecule has 1 aromatic rings. The molecular formula is C15H21ClN2O2. The number of benzene rings is 1. The Kier molecular flexibility index (Phi) is 5.26. The molecule has 1 amide bonds. The minimum absolute atomic E-state index is 0. The van der Waals surface area contributed by atoms with Crippen molar-refractivity contribution in [2.45, 2.75) is 31.7 Å². The number of hydrogen-bond donors (Lipinski definition) is 2. The second kappa shape index (κ2) is 6.95. The molecule has 1 fully saturated rings. The number of anilines is 1. The van der Waals surface area contributed by atoms with Crippen LogP contribution < -0.4 is 10.6 Å². The molecule has 0 radical (unpaired) electrons. The molecule has 1 unspecified atom stereocenters. The molecule has 0 bridgehead atoms. The van der Waals surface area contributed by atoms with Gasteiger partial charge in [-0.1, -0.05) is 6.07 Å². The van der Waals surface area contributed by atoms with E-state index in [0.717, 1.165) is 55.6 Å². The van der Waals surface area contributed by atoms with E-state index in [1.807, 2.05) is 12.1 Å². The number of carbonyl (C=O) groups is 1. The second-order valence-electron chi connectivity index (χ2n) is 5.25. The van der Waals surface area contributed by atoms with Crippen LogP contribution in [0.15, 0.2) is 18.2 Å². The number of fused-ring (bicyclic) bond motifs is 1. The first-order valence-corrected chi connectivity index (χ1v) is 7.09. The van der Waals surface area contributed by atoms with Crippen LogP contribution >= 0.6 is 12.4 Å². The van der Waals surface area contributed by atoms with Crippen LogP contribution in [-0.2, 0) is 11.2 Å². The summed E-state index contributed by atoms with van der Waals surface area (Å²) in [4.78, 5) is 12.4. The van der Waals surface area contributed by atoms with E-state index >= 15 is 0 Å². The quantitative estimate of drug-likeness (QED) is 0.881. The normalized spacial score (nSPS) is 21.1. The zero-order valence-electron chi connectivity index (χ0n) is 11.5. The molecule has 5 heteroatoms. The van der Waals surface area contributed by atoms with Crippen molar-refractivity contribution in [1.29, 1.82) is 0 Å². The lowest BCUT2D eigenvalue weighted by Gasteiger charge is -2.25. The monoisotopic (exact) mass is 296 g/mol. The third-order valence-electron chi connectivity index (χ3n) is 3.84. The molecule has 3 rings (SSSR count). The van der Waals surface area contributed by atoms with Crippen molar-refractivity contribution in [2.24, 2.45) is 0 Å². The fraction of sp³-hybridized carbons (Fsp3) is 0.533. The van der Waals surface area contributed by atoms with Crippen LogP contribution in [0.25, 0.3) is 0 Å². The number of halogens is 1. The van der Waals surface area contributed by atoms with Crippen molar-refractivity contribution >= 4 is 24.0 Å². The van der Waals surface area contributed by atoms with Gasteiger partial charge in [-0.3, -0.25) is 4.79 Å². The summed E-state index contributed by atoms with van der Waals surface area (Å²) in [7, 11) is 0. The van der Waals surface area contributed by atoms with Gasteiger partial charge in [0.25, 0.3) is 5.91 Å². The Morgan fingerprint density at radius 3 is 3.05 bits per heavy atom. The Bertz CT molecular complexity index is 473. The van der Waals surface area contributed by atoms with Crippen molar-refractivity contribution in [3.05, 3.63) is 29.3 Å². The van der Waals surface area contributed by atoms with Gasteiger partial charge in [0.2, 0.25) is 0 Å². The molecule has 0 saturated carbocycles. The molecule has 0 aromatic heterocycles. The molecule has 2 aliphatic heterocycles. The molecule has 20 heavy (non-hydrogen) atoms. The lowest BCUT2D eigenvalue weighted by atomic mass is 9.97. The van der Waals surface area contributed by atoms with Crippen molar-refractivity contribution in [1.82, 2.24) is 5.32 Å². The topological polar surface area (TPSA) is 50.4 Å². The largest absolute Gasteiger partial charge is 0.385 e. The summed E-state index contributed by atoms with van der Waals surface area (Å²) in [5.41, 5.74) is 3.08. The summed E-state index contributed by atoms with van der Waals surface area (Å²) in [6.07, 6.45) is 4.11. The Hall–Kier alpha value is -1.26. The van der Waals surface area contributed by atoms with Gasteiger partial charge in [-0.2, -0.15) is 0 Å². The highest BCUT2D eigenvalue weighted by Gasteiger charge is 2.21. The Morgan fingerprint density at radius 1 is 1.35 bits per heavy atom. The minimum atomic E-state index is 0.